The Balaban J connectivity index is 0.00000220. The van der Waals surface area contributed by atoms with Gasteiger partial charge in [0.25, 0.3) is 0 Å². The van der Waals surface area contributed by atoms with Crippen molar-refractivity contribution in [3.05, 3.63) is 35.4 Å². The molecule has 5 nitrogen and oxygen atoms in total. The molecule has 0 spiro atoms. The minimum absolute atomic E-state index is 0. The van der Waals surface area contributed by atoms with Gasteiger partial charge in [0, 0.05) is 43.6 Å². The molecule has 0 saturated carbocycles. The van der Waals surface area contributed by atoms with Crippen LogP contribution in [0.1, 0.15) is 50.2 Å². The van der Waals surface area contributed by atoms with Crippen LogP contribution in [0.2, 0.25) is 0 Å². The minimum atomic E-state index is 0. The van der Waals surface area contributed by atoms with Gasteiger partial charge in [-0.15, -0.1) is 12.4 Å². The number of aromatic nitrogens is 4. The number of hydrogen-bond donors (Lipinski definition) is 1. The Labute approximate surface area is 133 Å². The van der Waals surface area contributed by atoms with Gasteiger partial charge in [-0.1, -0.05) is 6.92 Å². The van der Waals surface area contributed by atoms with Crippen molar-refractivity contribution in [3.8, 4) is 0 Å². The molecule has 0 amide bonds. The summed E-state index contributed by atoms with van der Waals surface area (Å²) in [6.07, 6.45) is 5.28. The summed E-state index contributed by atoms with van der Waals surface area (Å²) in [6, 6.07) is 2.48. The number of nitrogens with one attached hydrogen (secondary N) is 1. The number of aryl methyl sites for hydroxylation is 2. The summed E-state index contributed by atoms with van der Waals surface area (Å²) in [4.78, 5) is 0. The highest BCUT2D eigenvalue weighted by Crippen LogP contribution is 2.07. The van der Waals surface area contributed by atoms with E-state index in [0.717, 1.165) is 37.4 Å². The molecule has 2 rings (SSSR count). The lowest BCUT2D eigenvalue weighted by Crippen LogP contribution is -2.14. The summed E-state index contributed by atoms with van der Waals surface area (Å²) < 4.78 is 4.02. The molecule has 0 aliphatic heterocycles. The molecule has 0 saturated heterocycles. The molecule has 21 heavy (non-hydrogen) atoms. The average molecular weight is 312 g/mol. The maximum Gasteiger partial charge on any atom is 0.0762 e. The van der Waals surface area contributed by atoms with Crippen LogP contribution in [-0.4, -0.2) is 19.6 Å². The van der Waals surface area contributed by atoms with Crippen LogP contribution in [0.25, 0.3) is 0 Å². The molecular formula is C15H26ClN5. The van der Waals surface area contributed by atoms with Crippen LogP contribution in [-0.2, 0) is 19.6 Å². The Hall–Kier alpha value is -1.33. The lowest BCUT2D eigenvalue weighted by atomic mass is 10.2. The number of nitrogens with zero attached hydrogens (tertiary/aromatic N) is 4. The van der Waals surface area contributed by atoms with Crippen molar-refractivity contribution >= 4 is 12.4 Å². The van der Waals surface area contributed by atoms with Gasteiger partial charge in [-0.2, -0.15) is 10.2 Å². The van der Waals surface area contributed by atoms with Crippen molar-refractivity contribution in [1.82, 2.24) is 24.9 Å². The zero-order valence-corrected chi connectivity index (χ0v) is 14.2. The highest BCUT2D eigenvalue weighted by molar-refractivity contribution is 5.85. The first-order valence-electron chi connectivity index (χ1n) is 7.37. The van der Waals surface area contributed by atoms with Gasteiger partial charge in [0.2, 0.25) is 0 Å². The highest BCUT2D eigenvalue weighted by atomic mass is 35.5. The SMILES string of the molecule is CCCn1cc(CNCc2ccn(C(C)C)n2)c(C)n1.Cl. The molecule has 2 aromatic rings. The van der Waals surface area contributed by atoms with Crippen molar-refractivity contribution < 1.29 is 0 Å². The van der Waals surface area contributed by atoms with E-state index in [-0.39, 0.29) is 12.4 Å². The molecule has 1 N–H and O–H groups in total. The van der Waals surface area contributed by atoms with Crippen LogP contribution in [0, 0.1) is 6.92 Å². The van der Waals surface area contributed by atoms with Gasteiger partial charge in [-0.3, -0.25) is 9.36 Å². The topological polar surface area (TPSA) is 47.7 Å². The number of rotatable bonds is 7. The van der Waals surface area contributed by atoms with Gasteiger partial charge in [-0.25, -0.2) is 0 Å². The number of hydrogen-bond acceptors (Lipinski definition) is 3. The van der Waals surface area contributed by atoms with Gasteiger partial charge in [-0.05, 0) is 33.3 Å². The molecular weight excluding hydrogens is 286 g/mol. The Morgan fingerprint density at radius 3 is 2.62 bits per heavy atom. The normalized spacial score (nSPS) is 10.9. The van der Waals surface area contributed by atoms with Gasteiger partial charge in [0.1, 0.15) is 0 Å². The summed E-state index contributed by atoms with van der Waals surface area (Å²) in [6.45, 7) is 11.1. The predicted molar refractivity (Wildman–Crippen MR) is 87.7 cm³/mol. The van der Waals surface area contributed by atoms with Crippen molar-refractivity contribution in [2.24, 2.45) is 0 Å². The molecule has 2 heterocycles. The quantitative estimate of drug-likeness (QED) is 0.855. The van der Waals surface area contributed by atoms with E-state index in [1.807, 2.05) is 15.6 Å². The molecule has 0 fully saturated rings. The molecule has 6 heteroatoms. The molecule has 0 unspecified atom stereocenters. The van der Waals surface area contributed by atoms with Crippen molar-refractivity contribution in [3.63, 3.8) is 0 Å². The minimum Gasteiger partial charge on any atom is -0.307 e. The molecule has 0 aromatic carbocycles. The summed E-state index contributed by atoms with van der Waals surface area (Å²) in [5.74, 6) is 0. The first kappa shape index (κ1) is 17.7. The Morgan fingerprint density at radius 2 is 2.00 bits per heavy atom. The third-order valence-electron chi connectivity index (χ3n) is 3.31. The smallest absolute Gasteiger partial charge is 0.0762 e. The lowest BCUT2D eigenvalue weighted by molar-refractivity contribution is 0.521. The molecule has 0 atom stereocenters. The fraction of sp³-hybridized carbons (Fsp3) is 0.600. The van der Waals surface area contributed by atoms with Gasteiger partial charge in [0.05, 0.1) is 11.4 Å². The Morgan fingerprint density at radius 1 is 1.24 bits per heavy atom. The second-order valence-corrected chi connectivity index (χ2v) is 5.49. The molecule has 0 aliphatic rings. The summed E-state index contributed by atoms with van der Waals surface area (Å²) in [5.41, 5.74) is 3.46. The Bertz CT molecular complexity index is 544. The van der Waals surface area contributed by atoms with Crippen LogP contribution >= 0.6 is 12.4 Å². The van der Waals surface area contributed by atoms with E-state index < -0.39 is 0 Å². The van der Waals surface area contributed by atoms with Gasteiger partial charge < -0.3 is 5.32 Å². The van der Waals surface area contributed by atoms with Gasteiger partial charge in [0.15, 0.2) is 0 Å². The standard InChI is InChI=1S/C15H25N5.ClH/c1-5-7-19-11-14(13(4)17-19)9-16-10-15-6-8-20(18-15)12(2)3;/h6,8,11-12,16H,5,7,9-10H2,1-4H3;1H. The van der Waals surface area contributed by atoms with Crippen molar-refractivity contribution in [2.75, 3.05) is 0 Å². The van der Waals surface area contributed by atoms with Crippen LogP contribution < -0.4 is 5.32 Å². The second-order valence-electron chi connectivity index (χ2n) is 5.49. The second kappa shape index (κ2) is 8.20. The molecule has 0 aliphatic carbocycles. The van der Waals surface area contributed by atoms with E-state index in [1.165, 1.54) is 5.56 Å². The van der Waals surface area contributed by atoms with Crippen molar-refractivity contribution in [1.29, 1.82) is 0 Å². The maximum atomic E-state index is 4.53. The zero-order valence-electron chi connectivity index (χ0n) is 13.3. The molecule has 118 valence electrons. The molecule has 0 radical (unpaired) electrons. The van der Waals surface area contributed by atoms with Crippen LogP contribution in [0.3, 0.4) is 0 Å². The predicted octanol–water partition coefficient (Wildman–Crippen LogP) is 3.09. The van der Waals surface area contributed by atoms with Crippen molar-refractivity contribution in [2.45, 2.75) is 59.8 Å². The first-order valence-corrected chi connectivity index (χ1v) is 7.37. The first-order chi connectivity index (χ1) is 9.60. The summed E-state index contributed by atoms with van der Waals surface area (Å²) in [7, 11) is 0. The fourth-order valence-corrected chi connectivity index (χ4v) is 2.16. The third kappa shape index (κ3) is 4.86. The number of halogens is 1. The largest absolute Gasteiger partial charge is 0.307 e. The van der Waals surface area contributed by atoms with E-state index in [1.54, 1.807) is 0 Å². The average Bonchev–Trinajstić information content (AvgIpc) is 2.98. The fourth-order valence-electron chi connectivity index (χ4n) is 2.16. The van der Waals surface area contributed by atoms with Crippen LogP contribution in [0.4, 0.5) is 0 Å². The molecule has 0 bridgehead atoms. The van der Waals surface area contributed by atoms with E-state index >= 15 is 0 Å². The molecule has 2 aromatic heterocycles. The van der Waals surface area contributed by atoms with E-state index in [2.05, 4.69) is 55.5 Å². The zero-order chi connectivity index (χ0) is 14.5. The monoisotopic (exact) mass is 311 g/mol. The van der Waals surface area contributed by atoms with E-state index in [4.69, 9.17) is 0 Å². The summed E-state index contributed by atoms with van der Waals surface area (Å²) in [5, 5.41) is 12.5. The summed E-state index contributed by atoms with van der Waals surface area (Å²) >= 11 is 0. The van der Waals surface area contributed by atoms with E-state index in [0.29, 0.717) is 6.04 Å². The van der Waals surface area contributed by atoms with E-state index in [9.17, 15) is 0 Å². The van der Waals surface area contributed by atoms with Crippen LogP contribution in [0.5, 0.6) is 0 Å². The Kier molecular flexibility index (Phi) is 6.92. The van der Waals surface area contributed by atoms with Crippen LogP contribution in [0.15, 0.2) is 18.5 Å². The van der Waals surface area contributed by atoms with Gasteiger partial charge >= 0.3 is 0 Å². The maximum absolute atomic E-state index is 4.53. The lowest BCUT2D eigenvalue weighted by Gasteiger charge is -2.04. The third-order valence-corrected chi connectivity index (χ3v) is 3.31. The highest BCUT2D eigenvalue weighted by Gasteiger charge is 2.05.